The Morgan fingerprint density at radius 1 is 1.50 bits per heavy atom. The standard InChI is InChI=1S/C14H20BrNO2/c1-4-18-14(17)8-11(2)16(3)10-12-6-5-7-13(15)9-12/h5-7,9,11H,4,8,10H2,1-3H3. The van der Waals surface area contributed by atoms with Crippen LogP contribution in [0.3, 0.4) is 0 Å². The zero-order chi connectivity index (χ0) is 13.5. The Bertz CT molecular complexity index is 395. The van der Waals surface area contributed by atoms with E-state index in [1.807, 2.05) is 33.0 Å². The molecule has 100 valence electrons. The van der Waals surface area contributed by atoms with Crippen LogP contribution in [-0.4, -0.2) is 30.6 Å². The van der Waals surface area contributed by atoms with Crippen LogP contribution in [0, 0.1) is 0 Å². The summed E-state index contributed by atoms with van der Waals surface area (Å²) in [6, 6.07) is 8.36. The molecule has 1 aromatic rings. The van der Waals surface area contributed by atoms with E-state index < -0.39 is 0 Å². The van der Waals surface area contributed by atoms with Gasteiger partial charge in [-0.2, -0.15) is 0 Å². The molecule has 0 amide bonds. The number of ether oxygens (including phenoxy) is 1. The van der Waals surface area contributed by atoms with Crippen molar-refractivity contribution in [3.63, 3.8) is 0 Å². The van der Waals surface area contributed by atoms with Gasteiger partial charge in [0.2, 0.25) is 0 Å². The SMILES string of the molecule is CCOC(=O)CC(C)N(C)Cc1cccc(Br)c1. The van der Waals surface area contributed by atoms with Gasteiger partial charge in [-0.15, -0.1) is 0 Å². The Morgan fingerprint density at radius 2 is 2.22 bits per heavy atom. The summed E-state index contributed by atoms with van der Waals surface area (Å²) in [5.41, 5.74) is 1.22. The van der Waals surface area contributed by atoms with E-state index in [1.165, 1.54) is 5.56 Å². The van der Waals surface area contributed by atoms with Crippen LogP contribution in [0.1, 0.15) is 25.8 Å². The fourth-order valence-corrected chi connectivity index (χ4v) is 2.14. The predicted octanol–water partition coefficient (Wildman–Crippen LogP) is 3.22. The van der Waals surface area contributed by atoms with Gasteiger partial charge in [0.25, 0.3) is 0 Å². The quantitative estimate of drug-likeness (QED) is 0.755. The van der Waals surface area contributed by atoms with Gasteiger partial charge >= 0.3 is 5.97 Å². The van der Waals surface area contributed by atoms with Crippen LogP contribution >= 0.6 is 15.9 Å². The zero-order valence-corrected chi connectivity index (χ0v) is 12.7. The molecule has 0 radical (unpaired) electrons. The van der Waals surface area contributed by atoms with Gasteiger partial charge in [-0.1, -0.05) is 28.1 Å². The second-order valence-electron chi connectivity index (χ2n) is 4.40. The molecule has 1 atom stereocenters. The molecule has 0 aromatic heterocycles. The Hall–Kier alpha value is -0.870. The van der Waals surface area contributed by atoms with Crippen molar-refractivity contribution in [3.05, 3.63) is 34.3 Å². The average molecular weight is 314 g/mol. The molecule has 1 unspecified atom stereocenters. The lowest BCUT2D eigenvalue weighted by Gasteiger charge is -2.24. The van der Waals surface area contributed by atoms with E-state index in [2.05, 4.69) is 33.0 Å². The average Bonchev–Trinajstić information content (AvgIpc) is 2.29. The fourth-order valence-electron chi connectivity index (χ4n) is 1.70. The van der Waals surface area contributed by atoms with E-state index in [0.29, 0.717) is 13.0 Å². The van der Waals surface area contributed by atoms with Crippen LogP contribution in [0.2, 0.25) is 0 Å². The number of rotatable bonds is 6. The summed E-state index contributed by atoms with van der Waals surface area (Å²) in [4.78, 5) is 13.6. The summed E-state index contributed by atoms with van der Waals surface area (Å²) in [5, 5.41) is 0. The molecule has 0 bridgehead atoms. The van der Waals surface area contributed by atoms with E-state index in [-0.39, 0.29) is 12.0 Å². The largest absolute Gasteiger partial charge is 0.466 e. The highest BCUT2D eigenvalue weighted by Crippen LogP contribution is 2.14. The molecule has 0 fully saturated rings. The van der Waals surface area contributed by atoms with Gasteiger partial charge in [-0.25, -0.2) is 0 Å². The van der Waals surface area contributed by atoms with Crippen molar-refractivity contribution >= 4 is 21.9 Å². The molecular weight excluding hydrogens is 294 g/mol. The maximum absolute atomic E-state index is 11.4. The first kappa shape index (κ1) is 15.2. The zero-order valence-electron chi connectivity index (χ0n) is 11.1. The Labute approximate surface area is 117 Å². The van der Waals surface area contributed by atoms with Crippen molar-refractivity contribution in [2.24, 2.45) is 0 Å². The monoisotopic (exact) mass is 313 g/mol. The van der Waals surface area contributed by atoms with E-state index in [0.717, 1.165) is 11.0 Å². The molecule has 0 aliphatic carbocycles. The minimum atomic E-state index is -0.133. The second-order valence-corrected chi connectivity index (χ2v) is 5.32. The minimum absolute atomic E-state index is 0.133. The number of halogens is 1. The summed E-state index contributed by atoms with van der Waals surface area (Å²) in [6.07, 6.45) is 0.429. The highest BCUT2D eigenvalue weighted by atomic mass is 79.9. The molecule has 18 heavy (non-hydrogen) atoms. The summed E-state index contributed by atoms with van der Waals surface area (Å²) >= 11 is 3.46. The van der Waals surface area contributed by atoms with Gasteiger partial charge in [0.1, 0.15) is 0 Å². The molecule has 0 spiro atoms. The Balaban J connectivity index is 2.49. The Morgan fingerprint density at radius 3 is 2.83 bits per heavy atom. The first-order chi connectivity index (χ1) is 8.52. The van der Waals surface area contributed by atoms with Gasteiger partial charge in [0, 0.05) is 17.1 Å². The van der Waals surface area contributed by atoms with Crippen LogP contribution in [0.25, 0.3) is 0 Å². The van der Waals surface area contributed by atoms with Crippen LogP contribution in [0.4, 0.5) is 0 Å². The number of hydrogen-bond acceptors (Lipinski definition) is 3. The van der Waals surface area contributed by atoms with E-state index >= 15 is 0 Å². The lowest BCUT2D eigenvalue weighted by molar-refractivity contribution is -0.144. The third kappa shape index (κ3) is 5.19. The molecular formula is C14H20BrNO2. The molecule has 0 aliphatic rings. The molecule has 0 saturated heterocycles. The molecule has 0 N–H and O–H groups in total. The summed E-state index contributed by atoms with van der Waals surface area (Å²) < 4.78 is 6.03. The van der Waals surface area contributed by atoms with Gasteiger partial charge in [-0.05, 0) is 38.6 Å². The number of benzene rings is 1. The van der Waals surface area contributed by atoms with E-state index in [9.17, 15) is 4.79 Å². The van der Waals surface area contributed by atoms with Gasteiger partial charge < -0.3 is 4.74 Å². The van der Waals surface area contributed by atoms with Crippen molar-refractivity contribution in [1.29, 1.82) is 0 Å². The number of hydrogen-bond donors (Lipinski definition) is 0. The first-order valence-electron chi connectivity index (χ1n) is 6.13. The number of esters is 1. The van der Waals surface area contributed by atoms with Crippen molar-refractivity contribution in [1.82, 2.24) is 4.90 Å². The number of carbonyl (C=O) groups excluding carboxylic acids is 1. The summed E-state index contributed by atoms with van der Waals surface area (Å²) in [6.45, 7) is 5.13. The van der Waals surface area contributed by atoms with Crippen LogP contribution < -0.4 is 0 Å². The van der Waals surface area contributed by atoms with Crippen molar-refractivity contribution in [2.75, 3.05) is 13.7 Å². The first-order valence-corrected chi connectivity index (χ1v) is 6.92. The molecule has 0 aliphatic heterocycles. The predicted molar refractivity (Wildman–Crippen MR) is 76.3 cm³/mol. The smallest absolute Gasteiger partial charge is 0.307 e. The number of nitrogens with zero attached hydrogens (tertiary/aromatic N) is 1. The van der Waals surface area contributed by atoms with Gasteiger partial charge in [-0.3, -0.25) is 9.69 Å². The van der Waals surface area contributed by atoms with E-state index in [1.54, 1.807) is 0 Å². The summed E-state index contributed by atoms with van der Waals surface area (Å²) in [7, 11) is 2.02. The number of carbonyl (C=O) groups is 1. The van der Waals surface area contributed by atoms with Crippen molar-refractivity contribution in [2.45, 2.75) is 32.9 Å². The summed E-state index contributed by atoms with van der Waals surface area (Å²) in [5.74, 6) is -0.133. The maximum atomic E-state index is 11.4. The Kier molecular flexibility index (Phi) is 6.36. The molecule has 1 rings (SSSR count). The van der Waals surface area contributed by atoms with Crippen molar-refractivity contribution in [3.8, 4) is 0 Å². The second kappa shape index (κ2) is 7.54. The lowest BCUT2D eigenvalue weighted by atomic mass is 10.1. The topological polar surface area (TPSA) is 29.5 Å². The molecule has 0 heterocycles. The third-order valence-corrected chi connectivity index (χ3v) is 3.33. The van der Waals surface area contributed by atoms with E-state index in [4.69, 9.17) is 4.74 Å². The lowest BCUT2D eigenvalue weighted by Crippen LogP contribution is -2.31. The molecule has 3 nitrogen and oxygen atoms in total. The van der Waals surface area contributed by atoms with Gasteiger partial charge in [0.05, 0.1) is 13.0 Å². The molecule has 1 aromatic carbocycles. The molecule has 0 saturated carbocycles. The highest BCUT2D eigenvalue weighted by molar-refractivity contribution is 9.10. The normalized spacial score (nSPS) is 12.5. The highest BCUT2D eigenvalue weighted by Gasteiger charge is 2.14. The fraction of sp³-hybridized carbons (Fsp3) is 0.500. The van der Waals surface area contributed by atoms with Crippen molar-refractivity contribution < 1.29 is 9.53 Å². The molecule has 4 heteroatoms. The van der Waals surface area contributed by atoms with Gasteiger partial charge in [0.15, 0.2) is 0 Å². The third-order valence-electron chi connectivity index (χ3n) is 2.84. The van der Waals surface area contributed by atoms with Crippen LogP contribution in [0.15, 0.2) is 28.7 Å². The minimum Gasteiger partial charge on any atom is -0.466 e. The maximum Gasteiger partial charge on any atom is 0.307 e. The van der Waals surface area contributed by atoms with Crippen LogP contribution in [0.5, 0.6) is 0 Å². The van der Waals surface area contributed by atoms with Crippen LogP contribution in [-0.2, 0) is 16.1 Å².